The third-order valence-electron chi connectivity index (χ3n) is 3.39. The van der Waals surface area contributed by atoms with Gasteiger partial charge < -0.3 is 9.47 Å². The van der Waals surface area contributed by atoms with Gasteiger partial charge in [-0.1, -0.05) is 0 Å². The number of carbonyl (C=O) groups excluding carboxylic acids is 1. The van der Waals surface area contributed by atoms with Crippen molar-refractivity contribution in [3.05, 3.63) is 0 Å². The minimum atomic E-state index is -0.519. The first-order chi connectivity index (χ1) is 8.64. The summed E-state index contributed by atoms with van der Waals surface area (Å²) in [6, 6.07) is 0.511. The Labute approximate surface area is 113 Å². The summed E-state index contributed by atoms with van der Waals surface area (Å²) in [7, 11) is 0. The molecule has 2 aliphatic rings. The highest BCUT2D eigenvalue weighted by atomic mass is 32.2. The zero-order valence-electron chi connectivity index (χ0n) is 11.2. The molecule has 18 heavy (non-hydrogen) atoms. The Kier molecular flexibility index (Phi) is 4.92. The SMILES string of the molecule is CCOC(=O)C(C)(CCSC1COC1)NC1CC1. The molecule has 0 aromatic rings. The Morgan fingerprint density at radius 1 is 1.50 bits per heavy atom. The highest BCUT2D eigenvalue weighted by Crippen LogP contribution is 2.27. The Morgan fingerprint density at radius 2 is 2.22 bits per heavy atom. The monoisotopic (exact) mass is 273 g/mol. The Morgan fingerprint density at radius 3 is 2.72 bits per heavy atom. The quantitative estimate of drug-likeness (QED) is 0.680. The van der Waals surface area contributed by atoms with Gasteiger partial charge in [0.05, 0.1) is 25.1 Å². The molecule has 0 radical (unpaired) electrons. The molecule has 104 valence electrons. The molecule has 1 unspecified atom stereocenters. The number of hydrogen-bond donors (Lipinski definition) is 1. The second kappa shape index (κ2) is 6.26. The highest BCUT2D eigenvalue weighted by Gasteiger charge is 2.39. The van der Waals surface area contributed by atoms with Gasteiger partial charge in [-0.3, -0.25) is 10.1 Å². The number of esters is 1. The molecule has 1 aliphatic heterocycles. The summed E-state index contributed by atoms with van der Waals surface area (Å²) >= 11 is 1.90. The van der Waals surface area contributed by atoms with Crippen LogP contribution >= 0.6 is 11.8 Å². The van der Waals surface area contributed by atoms with E-state index in [1.807, 2.05) is 25.6 Å². The van der Waals surface area contributed by atoms with Crippen LogP contribution in [0.3, 0.4) is 0 Å². The minimum absolute atomic E-state index is 0.109. The lowest BCUT2D eigenvalue weighted by Crippen LogP contribution is -2.52. The van der Waals surface area contributed by atoms with Crippen molar-refractivity contribution in [2.75, 3.05) is 25.6 Å². The number of nitrogens with one attached hydrogen (secondary N) is 1. The number of hydrogen-bond acceptors (Lipinski definition) is 5. The van der Waals surface area contributed by atoms with Crippen LogP contribution in [0.25, 0.3) is 0 Å². The van der Waals surface area contributed by atoms with E-state index in [0.717, 1.165) is 25.4 Å². The highest BCUT2D eigenvalue weighted by molar-refractivity contribution is 8.00. The molecule has 0 bridgehead atoms. The van der Waals surface area contributed by atoms with Crippen molar-refractivity contribution in [2.45, 2.75) is 49.9 Å². The van der Waals surface area contributed by atoms with Crippen molar-refractivity contribution < 1.29 is 14.3 Å². The molecule has 0 amide bonds. The molecular formula is C13H23NO3S. The maximum Gasteiger partial charge on any atom is 0.326 e. The summed E-state index contributed by atoms with van der Waals surface area (Å²) in [4.78, 5) is 12.1. The fourth-order valence-electron chi connectivity index (χ4n) is 1.94. The van der Waals surface area contributed by atoms with E-state index in [1.54, 1.807) is 0 Å². The standard InChI is InChI=1S/C13H23NO3S/c1-3-17-12(15)13(2,14-10-4-5-10)6-7-18-11-8-16-9-11/h10-11,14H,3-9H2,1-2H3. The van der Waals surface area contributed by atoms with E-state index in [9.17, 15) is 4.79 Å². The van der Waals surface area contributed by atoms with Crippen molar-refractivity contribution >= 4 is 17.7 Å². The molecule has 0 spiro atoms. The lowest BCUT2D eigenvalue weighted by molar-refractivity contribution is -0.150. The fourth-order valence-corrected chi connectivity index (χ4v) is 3.19. The van der Waals surface area contributed by atoms with Crippen LogP contribution in [0.1, 0.15) is 33.1 Å². The topological polar surface area (TPSA) is 47.6 Å². The van der Waals surface area contributed by atoms with Crippen molar-refractivity contribution in [2.24, 2.45) is 0 Å². The first-order valence-corrected chi connectivity index (χ1v) is 7.83. The molecule has 1 saturated carbocycles. The molecule has 1 aliphatic carbocycles. The van der Waals surface area contributed by atoms with Gasteiger partial charge in [0, 0.05) is 6.04 Å². The Hall–Kier alpha value is -0.260. The first-order valence-electron chi connectivity index (χ1n) is 6.78. The largest absolute Gasteiger partial charge is 0.465 e. The Balaban J connectivity index is 1.79. The fraction of sp³-hybridized carbons (Fsp3) is 0.923. The summed E-state index contributed by atoms with van der Waals surface area (Å²) in [5.41, 5.74) is -0.519. The van der Waals surface area contributed by atoms with Gasteiger partial charge in [0.15, 0.2) is 0 Å². The first kappa shape index (κ1) is 14.2. The second-order valence-corrected chi connectivity index (χ2v) is 6.66. The zero-order valence-corrected chi connectivity index (χ0v) is 12.1. The van der Waals surface area contributed by atoms with Crippen LogP contribution in [0.15, 0.2) is 0 Å². The smallest absolute Gasteiger partial charge is 0.326 e. The molecular weight excluding hydrogens is 250 g/mol. The van der Waals surface area contributed by atoms with Gasteiger partial charge in [-0.15, -0.1) is 0 Å². The van der Waals surface area contributed by atoms with Gasteiger partial charge >= 0.3 is 5.97 Å². The van der Waals surface area contributed by atoms with Crippen LogP contribution in [0.2, 0.25) is 0 Å². The van der Waals surface area contributed by atoms with Gasteiger partial charge in [0.1, 0.15) is 5.54 Å². The van der Waals surface area contributed by atoms with Gasteiger partial charge in [0.2, 0.25) is 0 Å². The van der Waals surface area contributed by atoms with E-state index >= 15 is 0 Å². The van der Waals surface area contributed by atoms with Crippen LogP contribution < -0.4 is 5.32 Å². The Bertz CT molecular complexity index is 292. The normalized spacial score (nSPS) is 23.2. The molecule has 0 aromatic heterocycles. The van der Waals surface area contributed by atoms with Crippen molar-refractivity contribution in [1.29, 1.82) is 0 Å². The average Bonchev–Trinajstić information content (AvgIpc) is 3.06. The van der Waals surface area contributed by atoms with E-state index in [2.05, 4.69) is 5.32 Å². The molecule has 2 rings (SSSR count). The minimum Gasteiger partial charge on any atom is -0.465 e. The third-order valence-corrected chi connectivity index (χ3v) is 4.57. The van der Waals surface area contributed by atoms with E-state index in [4.69, 9.17) is 9.47 Å². The predicted octanol–water partition coefficient (Wildman–Crippen LogP) is 1.58. The van der Waals surface area contributed by atoms with Gasteiger partial charge in [-0.25, -0.2) is 0 Å². The van der Waals surface area contributed by atoms with E-state index in [1.165, 1.54) is 12.8 Å². The summed E-state index contributed by atoms with van der Waals surface area (Å²) < 4.78 is 10.3. The number of carbonyl (C=O) groups is 1. The molecule has 4 nitrogen and oxygen atoms in total. The van der Waals surface area contributed by atoms with Crippen LogP contribution in [0.4, 0.5) is 0 Å². The van der Waals surface area contributed by atoms with Crippen LogP contribution in [-0.2, 0) is 14.3 Å². The lowest BCUT2D eigenvalue weighted by atomic mass is 9.99. The summed E-state index contributed by atoms with van der Waals surface area (Å²) in [5, 5.41) is 4.07. The molecule has 1 atom stereocenters. The molecule has 0 aromatic carbocycles. The van der Waals surface area contributed by atoms with E-state index in [-0.39, 0.29) is 5.97 Å². The number of rotatable bonds is 8. The maximum absolute atomic E-state index is 12.1. The maximum atomic E-state index is 12.1. The van der Waals surface area contributed by atoms with Crippen molar-refractivity contribution in [3.8, 4) is 0 Å². The van der Waals surface area contributed by atoms with Crippen LogP contribution in [0.5, 0.6) is 0 Å². The van der Waals surface area contributed by atoms with Crippen molar-refractivity contribution in [3.63, 3.8) is 0 Å². The summed E-state index contributed by atoms with van der Waals surface area (Å²) in [6.07, 6.45) is 3.18. The molecule has 1 saturated heterocycles. The second-order valence-electron chi connectivity index (χ2n) is 5.25. The molecule has 1 heterocycles. The van der Waals surface area contributed by atoms with Crippen LogP contribution in [-0.4, -0.2) is 48.4 Å². The van der Waals surface area contributed by atoms with Gasteiger partial charge in [-0.05, 0) is 38.9 Å². The molecule has 2 fully saturated rings. The number of thioether (sulfide) groups is 1. The predicted molar refractivity (Wildman–Crippen MR) is 72.9 cm³/mol. The summed E-state index contributed by atoms with van der Waals surface area (Å²) in [6.45, 7) is 6.00. The lowest BCUT2D eigenvalue weighted by Gasteiger charge is -2.30. The molecule has 1 N–H and O–H groups in total. The summed E-state index contributed by atoms with van der Waals surface area (Å²) in [5.74, 6) is 0.866. The number of ether oxygens (including phenoxy) is 2. The van der Waals surface area contributed by atoms with E-state index < -0.39 is 5.54 Å². The third kappa shape index (κ3) is 3.87. The van der Waals surface area contributed by atoms with Gasteiger partial charge in [-0.2, -0.15) is 11.8 Å². The van der Waals surface area contributed by atoms with E-state index in [0.29, 0.717) is 17.9 Å². The van der Waals surface area contributed by atoms with Crippen molar-refractivity contribution in [1.82, 2.24) is 5.32 Å². The zero-order chi connectivity index (χ0) is 13.0. The van der Waals surface area contributed by atoms with Gasteiger partial charge in [0.25, 0.3) is 0 Å². The van der Waals surface area contributed by atoms with Crippen LogP contribution in [0, 0.1) is 0 Å². The molecule has 5 heteroatoms. The average molecular weight is 273 g/mol.